The third-order valence-electron chi connectivity index (χ3n) is 4.12. The molecule has 1 aromatic rings. The van der Waals surface area contributed by atoms with Crippen LogP contribution in [-0.2, 0) is 33.2 Å². The molecule has 1 fully saturated rings. The summed E-state index contributed by atoms with van der Waals surface area (Å²) in [7, 11) is 4.56. The van der Waals surface area contributed by atoms with Crippen molar-refractivity contribution in [2.24, 2.45) is 0 Å². The van der Waals surface area contributed by atoms with Crippen molar-refractivity contribution in [1.82, 2.24) is 15.0 Å². The Morgan fingerprint density at radius 3 is 2.38 bits per heavy atom. The Morgan fingerprint density at radius 1 is 1.10 bits per heavy atom. The molecular formula is C18H25N3O8. The zero-order valence-corrected chi connectivity index (χ0v) is 17.0. The molecule has 0 unspecified atom stereocenters. The summed E-state index contributed by atoms with van der Waals surface area (Å²) in [5.41, 5.74) is -0.109. The number of methoxy groups -OCH3 is 3. The zero-order chi connectivity index (χ0) is 21.4. The molecule has 2 rings (SSSR count). The van der Waals surface area contributed by atoms with E-state index in [0.29, 0.717) is 0 Å². The van der Waals surface area contributed by atoms with Gasteiger partial charge in [-0.15, -0.1) is 5.10 Å². The Kier molecular flexibility index (Phi) is 8.53. The smallest absolute Gasteiger partial charge is 0.384 e. The van der Waals surface area contributed by atoms with Gasteiger partial charge in [-0.1, -0.05) is 5.21 Å². The van der Waals surface area contributed by atoms with Crippen LogP contribution in [-0.4, -0.2) is 86.4 Å². The fourth-order valence-corrected chi connectivity index (χ4v) is 2.94. The summed E-state index contributed by atoms with van der Waals surface area (Å²) >= 11 is 0. The minimum absolute atomic E-state index is 0.0384. The average molecular weight is 411 g/mol. The largest absolute Gasteiger partial charge is 0.461 e. The lowest BCUT2D eigenvalue weighted by Gasteiger charge is -2.21. The molecule has 0 amide bonds. The molecular weight excluding hydrogens is 386 g/mol. The second-order valence-corrected chi connectivity index (χ2v) is 5.84. The van der Waals surface area contributed by atoms with Gasteiger partial charge < -0.3 is 28.4 Å². The molecule has 4 atom stereocenters. The number of ether oxygens (including phenoxy) is 6. The number of rotatable bonds is 8. The van der Waals surface area contributed by atoms with E-state index in [1.807, 2.05) is 0 Å². The van der Waals surface area contributed by atoms with E-state index in [1.54, 1.807) is 13.8 Å². The number of aromatic nitrogens is 3. The van der Waals surface area contributed by atoms with Gasteiger partial charge in [-0.2, -0.15) is 0 Å². The van der Waals surface area contributed by atoms with Gasteiger partial charge >= 0.3 is 11.9 Å². The van der Waals surface area contributed by atoms with Gasteiger partial charge in [-0.05, 0) is 19.8 Å². The van der Waals surface area contributed by atoms with Crippen molar-refractivity contribution in [3.05, 3.63) is 11.4 Å². The van der Waals surface area contributed by atoms with Crippen LogP contribution >= 0.6 is 0 Å². The SMILES string of the molecule is CCOC(=O)C#Cc1c(C(=O)OCC)nnn1[C@@H]1O[C@H](COC)[C@@H](OC)[C@H]1OC. The van der Waals surface area contributed by atoms with Gasteiger partial charge in [0.2, 0.25) is 5.69 Å². The maximum absolute atomic E-state index is 12.3. The summed E-state index contributed by atoms with van der Waals surface area (Å²) in [4.78, 5) is 23.9. The van der Waals surface area contributed by atoms with E-state index in [4.69, 9.17) is 28.4 Å². The van der Waals surface area contributed by atoms with E-state index in [9.17, 15) is 9.59 Å². The van der Waals surface area contributed by atoms with Gasteiger partial charge in [0.15, 0.2) is 6.23 Å². The fourth-order valence-electron chi connectivity index (χ4n) is 2.94. The van der Waals surface area contributed by atoms with Gasteiger partial charge in [-0.3, -0.25) is 0 Å². The van der Waals surface area contributed by atoms with Crippen molar-refractivity contribution in [2.75, 3.05) is 41.2 Å². The van der Waals surface area contributed by atoms with E-state index < -0.39 is 36.5 Å². The Balaban J connectivity index is 2.47. The second kappa shape index (κ2) is 10.9. The van der Waals surface area contributed by atoms with Crippen LogP contribution in [0.5, 0.6) is 0 Å². The molecule has 160 valence electrons. The minimum Gasteiger partial charge on any atom is -0.461 e. The van der Waals surface area contributed by atoms with E-state index in [1.165, 1.54) is 26.0 Å². The zero-order valence-electron chi connectivity index (χ0n) is 17.0. The molecule has 1 aliphatic heterocycles. The van der Waals surface area contributed by atoms with Crippen LogP contribution in [0.15, 0.2) is 0 Å². The minimum atomic E-state index is -0.827. The van der Waals surface area contributed by atoms with Crippen molar-refractivity contribution in [1.29, 1.82) is 0 Å². The Morgan fingerprint density at radius 2 is 1.79 bits per heavy atom. The molecule has 1 aromatic heterocycles. The molecule has 0 aromatic carbocycles. The summed E-state index contributed by atoms with van der Waals surface area (Å²) in [5, 5.41) is 7.87. The summed E-state index contributed by atoms with van der Waals surface area (Å²) in [6.07, 6.45) is -2.35. The van der Waals surface area contributed by atoms with Gasteiger partial charge in [0.25, 0.3) is 0 Å². The third kappa shape index (κ3) is 5.10. The van der Waals surface area contributed by atoms with Crippen LogP contribution in [0, 0.1) is 11.8 Å². The van der Waals surface area contributed by atoms with Crippen LogP contribution < -0.4 is 0 Å². The van der Waals surface area contributed by atoms with Gasteiger partial charge in [0.05, 0.1) is 19.8 Å². The average Bonchev–Trinajstić information content (AvgIpc) is 3.27. The first-order chi connectivity index (χ1) is 14.0. The number of hydrogen-bond acceptors (Lipinski definition) is 10. The fraction of sp³-hybridized carbons (Fsp3) is 0.667. The molecule has 0 N–H and O–H groups in total. The van der Waals surface area contributed by atoms with Crippen molar-refractivity contribution >= 4 is 11.9 Å². The summed E-state index contributed by atoms with van der Waals surface area (Å²) in [6, 6.07) is 0. The molecule has 0 aliphatic carbocycles. The molecule has 29 heavy (non-hydrogen) atoms. The first-order valence-corrected chi connectivity index (χ1v) is 9.03. The molecule has 1 aliphatic rings. The van der Waals surface area contributed by atoms with Gasteiger partial charge in [-0.25, -0.2) is 14.3 Å². The lowest BCUT2D eigenvalue weighted by molar-refractivity contribution is -0.136. The van der Waals surface area contributed by atoms with Crippen LogP contribution in [0.4, 0.5) is 0 Å². The normalized spacial score (nSPS) is 23.3. The Labute approximate surface area is 168 Å². The molecule has 2 heterocycles. The van der Waals surface area contributed by atoms with E-state index >= 15 is 0 Å². The van der Waals surface area contributed by atoms with Crippen molar-refractivity contribution in [3.8, 4) is 11.8 Å². The maximum Gasteiger partial charge on any atom is 0.384 e. The van der Waals surface area contributed by atoms with Gasteiger partial charge in [0.1, 0.15) is 24.0 Å². The van der Waals surface area contributed by atoms with Gasteiger partial charge in [0, 0.05) is 27.2 Å². The van der Waals surface area contributed by atoms with Crippen LogP contribution in [0.3, 0.4) is 0 Å². The monoisotopic (exact) mass is 411 g/mol. The molecule has 0 radical (unpaired) electrons. The Hall–Kier alpha value is -2.52. The highest BCUT2D eigenvalue weighted by Crippen LogP contribution is 2.33. The molecule has 11 heteroatoms. The topological polar surface area (TPSA) is 120 Å². The van der Waals surface area contributed by atoms with Crippen LogP contribution in [0.25, 0.3) is 0 Å². The lowest BCUT2D eigenvalue weighted by Crippen LogP contribution is -2.37. The van der Waals surface area contributed by atoms with Crippen molar-refractivity contribution < 1.29 is 38.0 Å². The molecule has 0 bridgehead atoms. The second-order valence-electron chi connectivity index (χ2n) is 5.84. The highest BCUT2D eigenvalue weighted by molar-refractivity contribution is 5.92. The number of carbonyl (C=O) groups is 2. The molecule has 0 saturated carbocycles. The standard InChI is InChI=1S/C18H25N3O8/c1-6-27-13(22)9-8-11-14(18(23)28-7-2)19-20-21(11)17-16(26-5)15(25-4)12(29-17)10-24-3/h12,15-17H,6-7,10H2,1-5H3/t12-,15-,16-,17-/m1/s1. The highest BCUT2D eigenvalue weighted by Gasteiger charge is 2.48. The van der Waals surface area contributed by atoms with E-state index in [0.717, 1.165) is 0 Å². The number of esters is 2. The predicted octanol–water partition coefficient (Wildman–Crippen LogP) is -0.0568. The van der Waals surface area contributed by atoms with Crippen LogP contribution in [0.2, 0.25) is 0 Å². The first kappa shape index (κ1) is 22.8. The predicted molar refractivity (Wildman–Crippen MR) is 96.9 cm³/mol. The quantitative estimate of drug-likeness (QED) is 0.425. The molecule has 1 saturated heterocycles. The Bertz CT molecular complexity index is 769. The van der Waals surface area contributed by atoms with E-state index in [-0.39, 0.29) is 31.2 Å². The molecule has 0 spiro atoms. The van der Waals surface area contributed by atoms with Crippen molar-refractivity contribution in [3.63, 3.8) is 0 Å². The summed E-state index contributed by atoms with van der Waals surface area (Å²) in [5.74, 6) is 3.42. The van der Waals surface area contributed by atoms with Crippen molar-refractivity contribution in [2.45, 2.75) is 38.4 Å². The highest BCUT2D eigenvalue weighted by atomic mass is 16.6. The maximum atomic E-state index is 12.3. The first-order valence-electron chi connectivity index (χ1n) is 9.03. The number of carbonyl (C=O) groups excluding carboxylic acids is 2. The molecule has 11 nitrogen and oxygen atoms in total. The number of nitrogens with zero attached hydrogens (tertiary/aromatic N) is 3. The summed E-state index contributed by atoms with van der Waals surface area (Å²) < 4.78 is 33.3. The van der Waals surface area contributed by atoms with Crippen LogP contribution in [0.1, 0.15) is 36.3 Å². The number of hydrogen-bond donors (Lipinski definition) is 0. The summed E-state index contributed by atoms with van der Waals surface area (Å²) in [6.45, 7) is 3.87. The lowest BCUT2D eigenvalue weighted by atomic mass is 10.1. The third-order valence-corrected chi connectivity index (χ3v) is 4.12. The van der Waals surface area contributed by atoms with E-state index in [2.05, 4.69) is 22.2 Å².